The molecule has 0 saturated carbocycles. The molecule has 3 heterocycles. The van der Waals surface area contributed by atoms with Gasteiger partial charge in [-0.25, -0.2) is 37.6 Å². The van der Waals surface area contributed by atoms with Crippen LogP contribution in [-0.2, 0) is 18.6 Å². The Balaban J connectivity index is 1.51. The third kappa shape index (κ3) is 6.10. The van der Waals surface area contributed by atoms with Crippen LogP contribution in [0.2, 0.25) is 0 Å². The minimum absolute atomic E-state index is 0.0121. The molecule has 0 aliphatic heterocycles. The highest BCUT2D eigenvalue weighted by Crippen LogP contribution is 2.32. The van der Waals surface area contributed by atoms with Crippen LogP contribution >= 0.6 is 0 Å². The summed E-state index contributed by atoms with van der Waals surface area (Å²) in [5.74, 6) is -4.35. The first-order valence-electron chi connectivity index (χ1n) is 11.6. The lowest BCUT2D eigenvalue weighted by atomic mass is 10.1. The van der Waals surface area contributed by atoms with Crippen molar-refractivity contribution in [3.63, 3.8) is 0 Å². The highest BCUT2D eigenvalue weighted by Gasteiger charge is 2.37. The van der Waals surface area contributed by atoms with Crippen molar-refractivity contribution in [2.45, 2.75) is 51.1 Å². The Morgan fingerprint density at radius 3 is 2.35 bits per heavy atom. The van der Waals surface area contributed by atoms with Gasteiger partial charge >= 0.3 is 6.18 Å². The summed E-state index contributed by atoms with van der Waals surface area (Å²) in [4.78, 5) is 36.0. The van der Waals surface area contributed by atoms with E-state index in [1.54, 1.807) is 5.10 Å². The Hall–Kier alpha value is -4.37. The van der Waals surface area contributed by atoms with E-state index in [1.165, 1.54) is 6.92 Å². The summed E-state index contributed by atoms with van der Waals surface area (Å²) in [6.07, 6.45) is -3.63. The number of aromatic nitrogens is 6. The van der Waals surface area contributed by atoms with Crippen molar-refractivity contribution in [3.05, 3.63) is 74.7 Å². The number of hydrogen-bond donors (Lipinski definition) is 2. The second kappa shape index (κ2) is 10.7. The van der Waals surface area contributed by atoms with Gasteiger partial charge in [-0.15, -0.1) is 0 Å². The molecule has 4 rings (SSSR count). The van der Waals surface area contributed by atoms with E-state index in [9.17, 15) is 40.3 Å². The highest BCUT2D eigenvalue weighted by atomic mass is 19.4. The van der Waals surface area contributed by atoms with Gasteiger partial charge in [0.1, 0.15) is 17.6 Å². The first kappa shape index (κ1) is 28.6. The topological polar surface area (TPSA) is 118 Å². The number of H-pyrrole nitrogens is 1. The lowest BCUT2D eigenvalue weighted by Gasteiger charge is -2.20. The van der Waals surface area contributed by atoms with E-state index >= 15 is 0 Å². The van der Waals surface area contributed by atoms with E-state index in [-0.39, 0.29) is 28.7 Å². The Morgan fingerprint density at radius 2 is 1.73 bits per heavy atom. The van der Waals surface area contributed by atoms with E-state index < -0.39 is 64.6 Å². The number of aromatic amines is 1. The monoisotopic (exact) mass is 571 g/mol. The summed E-state index contributed by atoms with van der Waals surface area (Å²) < 4.78 is 97.0. The van der Waals surface area contributed by atoms with Crippen LogP contribution in [0.5, 0.6) is 0 Å². The van der Waals surface area contributed by atoms with E-state index in [0.29, 0.717) is 6.92 Å². The summed E-state index contributed by atoms with van der Waals surface area (Å²) in [6.45, 7) is 1.48. The standard InChI is InChI=1S/C24H20F7N7O2/c1-11(36-18-8-35-37-21(39)19(18)24(29,30)31)3-13(25)9-38-10-34-17-5-14(16(26)4-15(17)22(38)40)20-32-6-12(7-33-20)23(2,27)28/h4-8,10-11,13H,3,9H2,1-2H3,(H2,36,37,39)/t11-,13-/m1/s1. The van der Waals surface area contributed by atoms with E-state index in [2.05, 4.69) is 25.4 Å². The minimum atomic E-state index is -4.98. The molecule has 0 aliphatic carbocycles. The summed E-state index contributed by atoms with van der Waals surface area (Å²) in [6, 6.07) is 1.09. The zero-order valence-electron chi connectivity index (χ0n) is 20.7. The predicted octanol–water partition coefficient (Wildman–Crippen LogP) is 4.44. The number of halogens is 7. The van der Waals surface area contributed by atoms with Crippen molar-refractivity contribution in [1.29, 1.82) is 0 Å². The zero-order chi connectivity index (χ0) is 29.4. The Morgan fingerprint density at radius 1 is 1.05 bits per heavy atom. The van der Waals surface area contributed by atoms with Gasteiger partial charge in [0.25, 0.3) is 17.0 Å². The lowest BCUT2D eigenvalue weighted by Crippen LogP contribution is -2.30. The third-order valence-electron chi connectivity index (χ3n) is 5.86. The molecule has 212 valence electrons. The number of benzene rings is 1. The summed E-state index contributed by atoms with van der Waals surface area (Å²) >= 11 is 0. The maximum Gasteiger partial charge on any atom is 0.423 e. The average molecular weight is 571 g/mol. The molecule has 0 radical (unpaired) electrons. The van der Waals surface area contributed by atoms with Crippen LogP contribution in [0, 0.1) is 5.82 Å². The summed E-state index contributed by atoms with van der Waals surface area (Å²) in [5, 5.41) is 7.23. The molecule has 4 aromatic rings. The summed E-state index contributed by atoms with van der Waals surface area (Å²) in [5.41, 5.74) is -5.05. The van der Waals surface area contributed by atoms with Crippen LogP contribution in [-0.4, -0.2) is 41.9 Å². The van der Waals surface area contributed by atoms with Gasteiger partial charge in [0, 0.05) is 31.8 Å². The molecule has 2 atom stereocenters. The van der Waals surface area contributed by atoms with Crippen molar-refractivity contribution >= 4 is 16.6 Å². The van der Waals surface area contributed by atoms with Crippen LogP contribution in [0.3, 0.4) is 0 Å². The van der Waals surface area contributed by atoms with Crippen LogP contribution in [0.1, 0.15) is 31.4 Å². The fraction of sp³-hybridized carbons (Fsp3) is 0.333. The number of hydrogen-bond acceptors (Lipinski definition) is 7. The Labute approximate surface area is 220 Å². The molecule has 0 spiro atoms. The molecule has 9 nitrogen and oxygen atoms in total. The van der Waals surface area contributed by atoms with Crippen LogP contribution in [0.4, 0.5) is 36.4 Å². The molecule has 1 aromatic carbocycles. The van der Waals surface area contributed by atoms with Crippen LogP contribution in [0.15, 0.2) is 46.6 Å². The second-order valence-electron chi connectivity index (χ2n) is 9.10. The van der Waals surface area contributed by atoms with Gasteiger partial charge in [0.15, 0.2) is 5.82 Å². The van der Waals surface area contributed by atoms with Crippen LogP contribution < -0.4 is 16.4 Å². The molecule has 0 unspecified atom stereocenters. The first-order chi connectivity index (χ1) is 18.6. The minimum Gasteiger partial charge on any atom is -0.381 e. The van der Waals surface area contributed by atoms with Gasteiger partial charge in [-0.2, -0.15) is 18.3 Å². The normalized spacial score (nSPS) is 13.8. The van der Waals surface area contributed by atoms with E-state index in [0.717, 1.165) is 41.6 Å². The number of nitrogens with one attached hydrogen (secondary N) is 2. The van der Waals surface area contributed by atoms with Crippen molar-refractivity contribution < 1.29 is 30.7 Å². The molecule has 0 saturated heterocycles. The molecule has 40 heavy (non-hydrogen) atoms. The zero-order valence-corrected chi connectivity index (χ0v) is 20.7. The SMILES string of the molecule is C[C@H](C[C@@H](F)Cn1cnc2cc(-c3ncc(C(C)(F)F)cn3)c(F)cc2c1=O)Nc1cn[nH]c(=O)c1C(F)(F)F. The fourth-order valence-electron chi connectivity index (χ4n) is 3.96. The van der Waals surface area contributed by atoms with Crippen molar-refractivity contribution in [3.8, 4) is 11.4 Å². The third-order valence-corrected chi connectivity index (χ3v) is 5.86. The second-order valence-corrected chi connectivity index (χ2v) is 9.10. The number of anilines is 1. The summed E-state index contributed by atoms with van der Waals surface area (Å²) in [7, 11) is 0. The van der Waals surface area contributed by atoms with Gasteiger partial charge < -0.3 is 5.32 Å². The van der Waals surface area contributed by atoms with Crippen molar-refractivity contribution in [2.75, 3.05) is 5.32 Å². The van der Waals surface area contributed by atoms with Gasteiger partial charge in [0.2, 0.25) is 0 Å². The maximum absolute atomic E-state index is 14.8. The molecular weight excluding hydrogens is 551 g/mol. The van der Waals surface area contributed by atoms with E-state index in [1.807, 2.05) is 0 Å². The predicted molar refractivity (Wildman–Crippen MR) is 129 cm³/mol. The molecule has 0 bridgehead atoms. The van der Waals surface area contributed by atoms with E-state index in [4.69, 9.17) is 0 Å². The van der Waals surface area contributed by atoms with Crippen molar-refractivity contribution in [1.82, 2.24) is 29.7 Å². The van der Waals surface area contributed by atoms with Gasteiger partial charge in [-0.3, -0.25) is 14.2 Å². The van der Waals surface area contributed by atoms with Crippen LogP contribution in [0.25, 0.3) is 22.3 Å². The van der Waals surface area contributed by atoms with Gasteiger partial charge in [-0.05, 0) is 19.1 Å². The number of nitrogens with zero attached hydrogens (tertiary/aromatic N) is 5. The number of alkyl halides is 6. The van der Waals surface area contributed by atoms with Crippen molar-refractivity contribution in [2.24, 2.45) is 0 Å². The molecule has 2 N–H and O–H groups in total. The molecule has 16 heteroatoms. The Bertz CT molecular complexity index is 1650. The quantitative estimate of drug-likeness (QED) is 0.301. The number of fused-ring (bicyclic) bond motifs is 1. The lowest BCUT2D eigenvalue weighted by molar-refractivity contribution is -0.138. The highest BCUT2D eigenvalue weighted by molar-refractivity contribution is 5.82. The molecule has 0 aliphatic rings. The average Bonchev–Trinajstić information content (AvgIpc) is 2.84. The maximum atomic E-state index is 14.8. The molecule has 0 fully saturated rings. The molecular formula is C24H20F7N7O2. The first-order valence-corrected chi connectivity index (χ1v) is 11.6. The number of rotatable bonds is 8. The Kier molecular flexibility index (Phi) is 7.63. The molecule has 0 amide bonds. The molecule has 3 aromatic heterocycles. The van der Waals surface area contributed by atoms with Gasteiger partial charge in [0.05, 0.1) is 46.8 Å². The smallest absolute Gasteiger partial charge is 0.381 e. The largest absolute Gasteiger partial charge is 0.423 e. The fourth-order valence-corrected chi connectivity index (χ4v) is 3.96. The van der Waals surface area contributed by atoms with Gasteiger partial charge in [-0.1, -0.05) is 0 Å².